The Morgan fingerprint density at radius 2 is 0.991 bits per heavy atom. The van der Waals surface area contributed by atoms with Crippen LogP contribution in [0.25, 0.3) is 10.8 Å². The van der Waals surface area contributed by atoms with Crippen molar-refractivity contribution in [3.63, 3.8) is 0 Å². The van der Waals surface area contributed by atoms with Crippen molar-refractivity contribution >= 4 is 105 Å². The van der Waals surface area contributed by atoms with Crippen molar-refractivity contribution in [1.82, 2.24) is 63.0 Å². The average molecular weight is 1560 g/mol. The van der Waals surface area contributed by atoms with Gasteiger partial charge in [-0.1, -0.05) is 147 Å². The summed E-state index contributed by atoms with van der Waals surface area (Å²) in [6.45, 7) is 8.52. The Labute approximate surface area is 655 Å². The first-order valence-corrected chi connectivity index (χ1v) is 37.7. The van der Waals surface area contributed by atoms with Crippen LogP contribution in [0.3, 0.4) is 0 Å². The summed E-state index contributed by atoms with van der Waals surface area (Å²) < 4.78 is 5.55. The number of aliphatic hydroxyl groups excluding tert-OH is 1. The van der Waals surface area contributed by atoms with Crippen molar-refractivity contribution in [2.75, 3.05) is 51.3 Å². The highest BCUT2D eigenvalue weighted by atomic mass is 35.5. The van der Waals surface area contributed by atoms with Crippen LogP contribution in [-0.2, 0) is 96.1 Å². The van der Waals surface area contributed by atoms with E-state index in [9.17, 15) is 48.3 Å². The van der Waals surface area contributed by atoms with Crippen molar-refractivity contribution < 1.29 is 67.4 Å². The molecular weight excluding hydrogens is 1460 g/mol. The third kappa shape index (κ3) is 26.9. The molecule has 0 spiro atoms. The second-order valence-electron chi connectivity index (χ2n) is 28.5. The van der Waals surface area contributed by atoms with E-state index in [4.69, 9.17) is 38.9 Å². The molecule has 0 bridgehead atoms. The Morgan fingerprint density at radius 1 is 0.527 bits per heavy atom. The Bertz CT molecular complexity index is 4260. The molecular formula is C80H102ClN17O14. The van der Waals surface area contributed by atoms with Gasteiger partial charge in [-0.15, -0.1) is 0 Å². The number of likely N-dealkylation sites (tertiary alicyclic amines) is 1. The first-order chi connectivity index (χ1) is 53.6. The molecule has 2 saturated heterocycles. The van der Waals surface area contributed by atoms with Crippen LogP contribution < -0.4 is 75.7 Å². The fraction of sp³-hybridized carbons (Fsp3) is 0.412. The molecule has 6 aromatic carbocycles. The number of carbonyl (C=O) groups is 12. The molecule has 19 N–H and O–H groups in total. The van der Waals surface area contributed by atoms with Gasteiger partial charge in [0.1, 0.15) is 60.4 Å². The zero-order chi connectivity index (χ0) is 81.0. The van der Waals surface area contributed by atoms with E-state index >= 15 is 14.4 Å². The van der Waals surface area contributed by atoms with E-state index in [0.717, 1.165) is 21.9 Å². The SMILES string of the molecule is CC(=O)N[C@H](Cc1cccc2ccccc12)C(=O)N[C@H](Cc1ccc(Cl)cc1)C(=O)N[C@H](Cc1ccccc1)C(=O)N[C@@H](CO)C(=O)N[C@@H](Cc1ccc(CN2CCOCC2)cc1)C(=O)N[C@H](Cc1ccc(NC(N)=O)cc1)C(=O)N[C@@H](CC(C)C)C(=O)N[C@@H](CCCNC(=N)N)C(=O)N1CCC[C@H]1C(=O)N[C@H](C)C(N)=O. The maximum Gasteiger partial charge on any atom is 0.316 e. The smallest absolute Gasteiger partial charge is 0.316 e. The number of carbonyl (C=O) groups excluding carboxylic acids is 12. The van der Waals surface area contributed by atoms with Gasteiger partial charge < -0.3 is 90.4 Å². The van der Waals surface area contributed by atoms with Gasteiger partial charge in [0, 0.05) is 82.5 Å². The Hall–Kier alpha value is -11.5. The lowest BCUT2D eigenvalue weighted by atomic mass is 9.97. The van der Waals surface area contributed by atoms with Gasteiger partial charge in [0.15, 0.2) is 5.96 Å². The van der Waals surface area contributed by atoms with E-state index in [1.54, 1.807) is 92.7 Å². The van der Waals surface area contributed by atoms with Gasteiger partial charge in [-0.2, -0.15) is 0 Å². The molecule has 112 heavy (non-hydrogen) atoms. The minimum atomic E-state index is -1.83. The topological polar surface area (TPSA) is 475 Å². The van der Waals surface area contributed by atoms with Crippen LogP contribution in [0.2, 0.25) is 5.02 Å². The number of nitrogens with one attached hydrogen (secondary N) is 12. The van der Waals surface area contributed by atoms with E-state index in [2.05, 4.69) is 63.4 Å². The molecule has 31 nitrogen and oxygen atoms in total. The number of primary amides is 2. The van der Waals surface area contributed by atoms with Crippen LogP contribution in [0.1, 0.15) is 93.2 Å². The van der Waals surface area contributed by atoms with Crippen molar-refractivity contribution in [3.8, 4) is 0 Å². The third-order valence-corrected chi connectivity index (χ3v) is 19.4. The number of nitrogens with two attached hydrogens (primary N) is 3. The number of anilines is 1. The summed E-state index contributed by atoms with van der Waals surface area (Å²) in [7, 11) is 0. The maximum atomic E-state index is 15.4. The van der Waals surface area contributed by atoms with Crippen LogP contribution in [-0.4, -0.2) is 198 Å². The lowest BCUT2D eigenvalue weighted by Gasteiger charge is -2.31. The van der Waals surface area contributed by atoms with Gasteiger partial charge in [0.25, 0.3) is 0 Å². The van der Waals surface area contributed by atoms with Gasteiger partial charge in [0.2, 0.25) is 65.0 Å². The molecule has 0 saturated carbocycles. The van der Waals surface area contributed by atoms with Crippen molar-refractivity contribution in [2.24, 2.45) is 23.1 Å². The van der Waals surface area contributed by atoms with E-state index in [-0.39, 0.29) is 82.8 Å². The number of aliphatic hydroxyl groups is 1. The normalized spacial score (nSPS) is 15.9. The number of ether oxygens (including phenoxy) is 1. The highest BCUT2D eigenvalue weighted by molar-refractivity contribution is 6.30. The molecule has 8 rings (SSSR count). The van der Waals surface area contributed by atoms with E-state index in [0.29, 0.717) is 72.2 Å². The van der Waals surface area contributed by atoms with Crippen LogP contribution in [0.15, 0.2) is 146 Å². The number of fused-ring (bicyclic) bond motifs is 1. The molecule has 6 aromatic rings. The van der Waals surface area contributed by atoms with Gasteiger partial charge in [-0.25, -0.2) is 4.79 Å². The van der Waals surface area contributed by atoms with Gasteiger partial charge >= 0.3 is 6.03 Å². The molecule has 0 unspecified atom stereocenters. The van der Waals surface area contributed by atoms with Crippen LogP contribution in [0.5, 0.6) is 0 Å². The maximum absolute atomic E-state index is 15.4. The van der Waals surface area contributed by atoms with Crippen LogP contribution in [0, 0.1) is 11.3 Å². The monoisotopic (exact) mass is 1560 g/mol. The number of hydrogen-bond donors (Lipinski definition) is 16. The van der Waals surface area contributed by atoms with Crippen molar-refractivity contribution in [1.29, 1.82) is 5.41 Å². The minimum absolute atomic E-state index is 0.0171. The molecule has 0 aliphatic carbocycles. The summed E-state index contributed by atoms with van der Waals surface area (Å²) in [6.07, 6.45) is -0.0426. The number of nitrogens with zero attached hydrogens (tertiary/aromatic N) is 2. The lowest BCUT2D eigenvalue weighted by Crippen LogP contribution is -2.62. The van der Waals surface area contributed by atoms with Gasteiger partial charge in [0.05, 0.1) is 19.8 Å². The molecule has 2 aliphatic rings. The zero-order valence-corrected chi connectivity index (χ0v) is 63.9. The largest absolute Gasteiger partial charge is 0.394 e. The number of amides is 13. The lowest BCUT2D eigenvalue weighted by molar-refractivity contribution is -0.142. The average Bonchev–Trinajstić information content (AvgIpc) is 1.70. The van der Waals surface area contributed by atoms with Crippen molar-refractivity contribution in [2.45, 2.75) is 159 Å². The van der Waals surface area contributed by atoms with Crippen molar-refractivity contribution in [3.05, 3.63) is 184 Å². The molecule has 2 heterocycles. The number of halogens is 1. The molecule has 0 radical (unpaired) electrons. The van der Waals surface area contributed by atoms with Gasteiger partial charge in [-0.3, -0.25) is 63.0 Å². The number of hydrogen-bond acceptors (Lipinski definition) is 16. The Kier molecular flexibility index (Phi) is 32.7. The second-order valence-corrected chi connectivity index (χ2v) is 28.9. The second kappa shape index (κ2) is 42.6. The standard InChI is InChI=1S/C80H102ClN17O14/c1-47(2)39-61(70(102)90-60(19-11-33-86-79(83)84)78(110)98-34-12-20-68(98)77(109)87-48(3)69(82)101)91-71(103)64(43-53-27-31-58(32-28-53)89-80(85)111)93-73(105)65(41-51-21-23-54(24-22-51)45-97-35-37-112-38-36-97)95-76(108)67(46-99)96-74(106)62(40-50-13-6-5-7-14-50)92-72(104)63(42-52-25-29-57(81)30-26-52)94-75(107)66(88-49(4)100)44-56-17-10-16-55-15-8-9-18-59(55)56/h5-10,13-18,21-32,47-48,60-68,99H,11-12,19-20,33-46H2,1-4H3,(H2,82,101)(H,87,109)(H,88,100)(H,90,102)(H,91,103)(H,92,104)(H,93,105)(H,94,107)(H,95,108)(H,96,106)(H4,83,84,86)(H3,85,89,111)/t48-,60+,61+,62-,63-,64-,65+,66-,67+,68+/m1/s1. The first-order valence-electron chi connectivity index (χ1n) is 37.4. The Balaban J connectivity index is 1.08. The highest BCUT2D eigenvalue weighted by Crippen LogP contribution is 2.24. The fourth-order valence-electron chi connectivity index (χ4n) is 13.3. The summed E-state index contributed by atoms with van der Waals surface area (Å²) in [4.78, 5) is 173. The summed E-state index contributed by atoms with van der Waals surface area (Å²) in [5.41, 5.74) is 20.4. The molecule has 2 aliphatic heterocycles. The Morgan fingerprint density at radius 3 is 1.52 bits per heavy atom. The number of urea groups is 1. The molecule has 0 aromatic heterocycles. The predicted octanol–water partition coefficient (Wildman–Crippen LogP) is 1.51. The summed E-state index contributed by atoms with van der Waals surface area (Å²) in [5.74, 6) is -9.51. The number of guanidine groups is 1. The highest BCUT2D eigenvalue weighted by Gasteiger charge is 2.41. The summed E-state index contributed by atoms with van der Waals surface area (Å²) in [6, 6.07) is 26.8. The molecule has 13 amide bonds. The van der Waals surface area contributed by atoms with E-state index in [1.165, 1.54) is 30.9 Å². The van der Waals surface area contributed by atoms with Crippen LogP contribution >= 0.6 is 11.6 Å². The first kappa shape index (κ1) is 86.1. The van der Waals surface area contributed by atoms with E-state index in [1.807, 2.05) is 54.6 Å². The molecule has 10 atom stereocenters. The molecule has 32 heteroatoms. The molecule has 2 fully saturated rings. The zero-order valence-electron chi connectivity index (χ0n) is 63.2. The number of benzene rings is 6. The van der Waals surface area contributed by atoms with Gasteiger partial charge in [-0.05, 0) is 113 Å². The third-order valence-electron chi connectivity index (χ3n) is 19.2. The summed E-state index contributed by atoms with van der Waals surface area (Å²) >= 11 is 6.28. The molecule has 598 valence electrons. The van der Waals surface area contributed by atoms with Crippen LogP contribution in [0.4, 0.5) is 10.5 Å². The number of rotatable bonds is 39. The fourth-order valence-corrected chi connectivity index (χ4v) is 13.4. The summed E-state index contributed by atoms with van der Waals surface area (Å²) in [5, 5.41) is 50.7. The minimum Gasteiger partial charge on any atom is -0.394 e. The quantitative estimate of drug-likeness (QED) is 0.0148. The number of morpholine rings is 1. The predicted molar refractivity (Wildman–Crippen MR) is 421 cm³/mol. The van der Waals surface area contributed by atoms with E-state index < -0.39 is 138 Å².